The lowest BCUT2D eigenvalue weighted by Crippen LogP contribution is -1.87. The standard InChI is InChI=1S/C21H14ClN3O4/c1-28-18-9-6-15-10-13(2-3-16(15)12-18)11-19(22)21-24-23-20(29-21)14-4-7-17(8-5-14)25(26)27/h2-12H,1H3/b19-11-. The minimum atomic E-state index is -0.470. The number of aromatic nitrogens is 2. The molecule has 0 N–H and O–H groups in total. The van der Waals surface area contributed by atoms with Gasteiger partial charge in [0.2, 0.25) is 5.89 Å². The maximum absolute atomic E-state index is 10.8. The van der Waals surface area contributed by atoms with E-state index in [0.717, 1.165) is 22.1 Å². The Kier molecular flexibility index (Phi) is 4.97. The molecule has 0 saturated carbocycles. The molecular formula is C21H14ClN3O4. The molecule has 8 heteroatoms. The summed E-state index contributed by atoms with van der Waals surface area (Å²) in [7, 11) is 1.63. The van der Waals surface area contributed by atoms with Crippen LogP contribution in [0.3, 0.4) is 0 Å². The quantitative estimate of drug-likeness (QED) is 0.318. The van der Waals surface area contributed by atoms with E-state index in [1.165, 1.54) is 12.1 Å². The molecule has 144 valence electrons. The van der Waals surface area contributed by atoms with Crippen LogP contribution in [0.2, 0.25) is 0 Å². The number of nitro groups is 1. The van der Waals surface area contributed by atoms with Crippen molar-refractivity contribution in [1.82, 2.24) is 10.2 Å². The number of ether oxygens (including phenoxy) is 1. The summed E-state index contributed by atoms with van der Waals surface area (Å²) in [4.78, 5) is 10.3. The average Bonchev–Trinajstić information content (AvgIpc) is 3.24. The number of nitrogens with zero attached hydrogens (tertiary/aromatic N) is 3. The molecule has 29 heavy (non-hydrogen) atoms. The zero-order chi connectivity index (χ0) is 20.4. The summed E-state index contributed by atoms with van der Waals surface area (Å²) in [5.41, 5.74) is 1.43. The van der Waals surface area contributed by atoms with E-state index >= 15 is 0 Å². The van der Waals surface area contributed by atoms with Gasteiger partial charge in [0, 0.05) is 17.7 Å². The molecule has 0 radical (unpaired) electrons. The fourth-order valence-corrected chi connectivity index (χ4v) is 3.03. The highest BCUT2D eigenvalue weighted by atomic mass is 35.5. The summed E-state index contributed by atoms with van der Waals surface area (Å²) < 4.78 is 10.9. The van der Waals surface area contributed by atoms with E-state index in [-0.39, 0.29) is 17.5 Å². The number of methoxy groups -OCH3 is 1. The number of hydrogen-bond acceptors (Lipinski definition) is 6. The Labute approximate surface area is 170 Å². The summed E-state index contributed by atoms with van der Waals surface area (Å²) in [6, 6.07) is 17.6. The van der Waals surface area contributed by atoms with Crippen molar-refractivity contribution < 1.29 is 14.1 Å². The predicted molar refractivity (Wildman–Crippen MR) is 111 cm³/mol. The molecule has 1 heterocycles. The van der Waals surface area contributed by atoms with Gasteiger partial charge in [0.1, 0.15) is 10.8 Å². The Bertz CT molecular complexity index is 1230. The second-order valence-electron chi connectivity index (χ2n) is 6.18. The van der Waals surface area contributed by atoms with E-state index in [0.29, 0.717) is 10.6 Å². The molecule has 0 aliphatic carbocycles. The Morgan fingerprint density at radius 3 is 2.52 bits per heavy atom. The number of nitro benzene ring substituents is 1. The number of fused-ring (bicyclic) bond motifs is 1. The summed E-state index contributed by atoms with van der Waals surface area (Å²) in [6.07, 6.45) is 1.73. The zero-order valence-electron chi connectivity index (χ0n) is 15.2. The molecule has 0 bridgehead atoms. The molecule has 0 aliphatic heterocycles. The van der Waals surface area contributed by atoms with Gasteiger partial charge < -0.3 is 9.15 Å². The van der Waals surface area contributed by atoms with Crippen molar-refractivity contribution in [2.75, 3.05) is 7.11 Å². The zero-order valence-corrected chi connectivity index (χ0v) is 16.0. The van der Waals surface area contributed by atoms with Gasteiger partial charge in [0.05, 0.1) is 12.0 Å². The third-order valence-electron chi connectivity index (χ3n) is 4.32. The fraction of sp³-hybridized carbons (Fsp3) is 0.0476. The molecule has 0 saturated heterocycles. The Morgan fingerprint density at radius 2 is 1.79 bits per heavy atom. The lowest BCUT2D eigenvalue weighted by atomic mass is 10.1. The van der Waals surface area contributed by atoms with Gasteiger partial charge in [-0.2, -0.15) is 0 Å². The summed E-state index contributed by atoms with van der Waals surface area (Å²) in [6.45, 7) is 0. The van der Waals surface area contributed by atoms with Crippen molar-refractivity contribution in [2.45, 2.75) is 0 Å². The highest BCUT2D eigenvalue weighted by molar-refractivity contribution is 6.50. The van der Waals surface area contributed by atoms with Crippen LogP contribution in [-0.4, -0.2) is 22.2 Å². The van der Waals surface area contributed by atoms with Crippen LogP contribution in [0.1, 0.15) is 11.5 Å². The molecule has 0 amide bonds. The number of rotatable bonds is 5. The van der Waals surface area contributed by atoms with Crippen molar-refractivity contribution in [3.05, 3.63) is 82.2 Å². The molecular weight excluding hydrogens is 394 g/mol. The number of halogens is 1. The third kappa shape index (κ3) is 3.95. The number of benzene rings is 3. The van der Waals surface area contributed by atoms with Crippen LogP contribution in [0.4, 0.5) is 5.69 Å². The summed E-state index contributed by atoms with van der Waals surface area (Å²) in [5, 5.41) is 21.1. The van der Waals surface area contributed by atoms with Crippen molar-refractivity contribution in [3.63, 3.8) is 0 Å². The second-order valence-corrected chi connectivity index (χ2v) is 6.59. The van der Waals surface area contributed by atoms with E-state index in [1.54, 1.807) is 25.3 Å². The van der Waals surface area contributed by atoms with Crippen LogP contribution in [0.5, 0.6) is 5.75 Å². The minimum absolute atomic E-state index is 0.0136. The van der Waals surface area contributed by atoms with Crippen LogP contribution < -0.4 is 4.74 Å². The van der Waals surface area contributed by atoms with Crippen molar-refractivity contribution in [3.8, 4) is 17.2 Å². The number of hydrogen-bond donors (Lipinski definition) is 0. The fourth-order valence-electron chi connectivity index (χ4n) is 2.83. The second kappa shape index (κ2) is 7.73. The van der Waals surface area contributed by atoms with E-state index in [4.69, 9.17) is 20.8 Å². The van der Waals surface area contributed by atoms with Crippen LogP contribution in [0.25, 0.3) is 33.3 Å². The number of non-ortho nitro benzene ring substituents is 1. The molecule has 7 nitrogen and oxygen atoms in total. The molecule has 0 aliphatic rings. The van der Waals surface area contributed by atoms with Crippen molar-refractivity contribution in [1.29, 1.82) is 0 Å². The van der Waals surface area contributed by atoms with Crippen LogP contribution in [-0.2, 0) is 0 Å². The first-order valence-corrected chi connectivity index (χ1v) is 8.95. The van der Waals surface area contributed by atoms with Crippen molar-refractivity contribution >= 4 is 39.2 Å². The lowest BCUT2D eigenvalue weighted by Gasteiger charge is -2.03. The van der Waals surface area contributed by atoms with Gasteiger partial charge in [-0.25, -0.2) is 0 Å². The molecule has 0 atom stereocenters. The average molecular weight is 408 g/mol. The maximum Gasteiger partial charge on any atom is 0.269 e. The van der Waals surface area contributed by atoms with Gasteiger partial charge >= 0.3 is 0 Å². The van der Waals surface area contributed by atoms with Gasteiger partial charge in [0.25, 0.3) is 11.6 Å². The van der Waals surface area contributed by atoms with E-state index in [9.17, 15) is 10.1 Å². The van der Waals surface area contributed by atoms with Gasteiger partial charge in [0.15, 0.2) is 0 Å². The molecule has 0 spiro atoms. The Hall–Kier alpha value is -3.71. The molecule has 1 aromatic heterocycles. The highest BCUT2D eigenvalue weighted by Crippen LogP contribution is 2.28. The first kappa shape index (κ1) is 18.6. The maximum atomic E-state index is 10.8. The molecule has 3 aromatic carbocycles. The van der Waals surface area contributed by atoms with Gasteiger partial charge in [-0.3, -0.25) is 10.1 Å². The normalized spacial score (nSPS) is 11.6. The summed E-state index contributed by atoms with van der Waals surface area (Å²) in [5.74, 6) is 1.19. The SMILES string of the molecule is COc1ccc2cc(/C=C(\Cl)c3nnc(-c4ccc([N+](=O)[O-])cc4)o3)ccc2c1. The Morgan fingerprint density at radius 1 is 1.07 bits per heavy atom. The summed E-state index contributed by atoms with van der Waals surface area (Å²) >= 11 is 6.36. The molecule has 4 rings (SSSR count). The van der Waals surface area contributed by atoms with Gasteiger partial charge in [-0.15, -0.1) is 10.2 Å². The van der Waals surface area contributed by atoms with E-state index < -0.39 is 4.92 Å². The topological polar surface area (TPSA) is 91.3 Å². The van der Waals surface area contributed by atoms with Crippen LogP contribution >= 0.6 is 11.6 Å². The minimum Gasteiger partial charge on any atom is -0.497 e. The van der Waals surface area contributed by atoms with E-state index in [1.807, 2.05) is 36.4 Å². The van der Waals surface area contributed by atoms with Gasteiger partial charge in [-0.1, -0.05) is 29.8 Å². The lowest BCUT2D eigenvalue weighted by molar-refractivity contribution is -0.384. The van der Waals surface area contributed by atoms with Crippen LogP contribution in [0, 0.1) is 10.1 Å². The molecule has 0 fully saturated rings. The predicted octanol–water partition coefficient (Wildman–Crippen LogP) is 5.54. The highest BCUT2D eigenvalue weighted by Gasteiger charge is 2.13. The van der Waals surface area contributed by atoms with Gasteiger partial charge in [-0.05, 0) is 52.7 Å². The molecule has 0 unspecified atom stereocenters. The first-order chi connectivity index (χ1) is 14.0. The smallest absolute Gasteiger partial charge is 0.269 e. The molecule has 4 aromatic rings. The largest absolute Gasteiger partial charge is 0.497 e. The van der Waals surface area contributed by atoms with Crippen LogP contribution in [0.15, 0.2) is 65.1 Å². The third-order valence-corrected chi connectivity index (χ3v) is 4.59. The van der Waals surface area contributed by atoms with Crippen molar-refractivity contribution in [2.24, 2.45) is 0 Å². The van der Waals surface area contributed by atoms with E-state index in [2.05, 4.69) is 10.2 Å². The monoisotopic (exact) mass is 407 g/mol. The first-order valence-electron chi connectivity index (χ1n) is 8.57. The Balaban J connectivity index is 1.59.